The van der Waals surface area contributed by atoms with Crippen LogP contribution in [-0.4, -0.2) is 7.11 Å². The third-order valence-electron chi connectivity index (χ3n) is 5.38. The fourth-order valence-corrected chi connectivity index (χ4v) is 4.15. The van der Waals surface area contributed by atoms with E-state index >= 15 is 0 Å². The molecule has 3 heteroatoms. The van der Waals surface area contributed by atoms with Gasteiger partial charge in [-0.15, -0.1) is 0 Å². The third kappa shape index (κ3) is 2.34. The standard InChI is InChI=1S/C24H17NO2/c1-26-17-8-11-18-16(14-17)7-9-20-22(12-13-25)27-24-19-5-3-2-4-15(19)6-10-21(24)23(18)20/h2-6,8,10-12,14H,7,9H2,1H3/b22-12+. The van der Waals surface area contributed by atoms with Crippen LogP contribution in [0.15, 0.2) is 72.0 Å². The van der Waals surface area contributed by atoms with Gasteiger partial charge in [0.2, 0.25) is 0 Å². The lowest BCUT2D eigenvalue weighted by Crippen LogP contribution is -2.16. The Kier molecular flexibility index (Phi) is 3.51. The fraction of sp³-hybridized carbons (Fsp3) is 0.125. The number of nitriles is 1. The van der Waals surface area contributed by atoms with E-state index in [0.29, 0.717) is 5.76 Å². The molecule has 0 N–H and O–H groups in total. The van der Waals surface area contributed by atoms with E-state index in [9.17, 15) is 5.26 Å². The van der Waals surface area contributed by atoms with E-state index in [1.807, 2.05) is 18.2 Å². The molecule has 1 aliphatic carbocycles. The van der Waals surface area contributed by atoms with E-state index < -0.39 is 0 Å². The average Bonchev–Trinajstić information content (AvgIpc) is 2.73. The van der Waals surface area contributed by atoms with E-state index in [-0.39, 0.29) is 0 Å². The van der Waals surface area contributed by atoms with Crippen molar-refractivity contribution < 1.29 is 9.47 Å². The summed E-state index contributed by atoms with van der Waals surface area (Å²) < 4.78 is 11.7. The molecule has 0 saturated carbocycles. The van der Waals surface area contributed by atoms with E-state index in [1.165, 1.54) is 22.8 Å². The quantitative estimate of drug-likeness (QED) is 0.552. The topological polar surface area (TPSA) is 42.2 Å². The van der Waals surface area contributed by atoms with Crippen LogP contribution in [0.2, 0.25) is 0 Å². The highest BCUT2D eigenvalue weighted by molar-refractivity contribution is 5.99. The summed E-state index contributed by atoms with van der Waals surface area (Å²) in [6, 6.07) is 20.8. The zero-order valence-corrected chi connectivity index (χ0v) is 15.0. The number of methoxy groups -OCH3 is 1. The van der Waals surface area contributed by atoms with Crippen molar-refractivity contribution in [3.63, 3.8) is 0 Å². The van der Waals surface area contributed by atoms with Crippen LogP contribution >= 0.6 is 0 Å². The number of benzene rings is 3. The lowest BCUT2D eigenvalue weighted by atomic mass is 9.79. The molecule has 0 atom stereocenters. The van der Waals surface area contributed by atoms with Gasteiger partial charge in [-0.2, -0.15) is 5.26 Å². The highest BCUT2D eigenvalue weighted by Crippen LogP contribution is 2.49. The lowest BCUT2D eigenvalue weighted by Gasteiger charge is -2.31. The maximum absolute atomic E-state index is 9.29. The van der Waals surface area contributed by atoms with Crippen molar-refractivity contribution in [1.82, 2.24) is 0 Å². The summed E-state index contributed by atoms with van der Waals surface area (Å²) in [4.78, 5) is 0. The number of hydrogen-bond acceptors (Lipinski definition) is 3. The molecule has 1 aliphatic heterocycles. The molecule has 0 unspecified atom stereocenters. The van der Waals surface area contributed by atoms with Crippen LogP contribution in [0.4, 0.5) is 0 Å². The van der Waals surface area contributed by atoms with E-state index in [0.717, 1.165) is 46.2 Å². The molecule has 27 heavy (non-hydrogen) atoms. The maximum atomic E-state index is 9.29. The third-order valence-corrected chi connectivity index (χ3v) is 5.38. The number of ether oxygens (including phenoxy) is 2. The minimum Gasteiger partial charge on any atom is -0.497 e. The largest absolute Gasteiger partial charge is 0.497 e. The predicted octanol–water partition coefficient (Wildman–Crippen LogP) is 5.40. The van der Waals surface area contributed by atoms with Gasteiger partial charge in [0.25, 0.3) is 0 Å². The van der Waals surface area contributed by atoms with E-state index in [2.05, 4.69) is 42.5 Å². The Morgan fingerprint density at radius 3 is 2.74 bits per heavy atom. The zero-order valence-electron chi connectivity index (χ0n) is 15.0. The van der Waals surface area contributed by atoms with Gasteiger partial charge in [0, 0.05) is 16.5 Å². The van der Waals surface area contributed by atoms with E-state index in [1.54, 1.807) is 7.11 Å². The number of nitrogens with zero attached hydrogens (tertiary/aromatic N) is 1. The SMILES string of the molecule is COc1ccc2c(c1)CCC1=C2c2ccc3ccccc3c2O/C1=C/C#N. The highest BCUT2D eigenvalue weighted by atomic mass is 16.5. The summed E-state index contributed by atoms with van der Waals surface area (Å²) >= 11 is 0. The Labute approximate surface area is 157 Å². The van der Waals surface area contributed by atoms with Crippen molar-refractivity contribution >= 4 is 16.3 Å². The summed E-state index contributed by atoms with van der Waals surface area (Å²) in [6.07, 6.45) is 3.27. The zero-order chi connectivity index (χ0) is 18.4. The molecule has 0 amide bonds. The van der Waals surface area contributed by atoms with Gasteiger partial charge in [-0.05, 0) is 53.1 Å². The molecule has 3 aromatic carbocycles. The minimum atomic E-state index is 0.665. The van der Waals surface area contributed by atoms with Crippen molar-refractivity contribution in [1.29, 1.82) is 5.26 Å². The molecule has 0 fully saturated rings. The smallest absolute Gasteiger partial charge is 0.143 e. The Morgan fingerprint density at radius 2 is 1.89 bits per heavy atom. The predicted molar refractivity (Wildman–Crippen MR) is 106 cm³/mol. The van der Waals surface area contributed by atoms with E-state index in [4.69, 9.17) is 9.47 Å². The van der Waals surface area contributed by atoms with Gasteiger partial charge in [0.1, 0.15) is 17.3 Å². The molecular weight excluding hydrogens is 334 g/mol. The summed E-state index contributed by atoms with van der Waals surface area (Å²) in [5.41, 5.74) is 5.83. The average molecular weight is 351 g/mol. The highest BCUT2D eigenvalue weighted by Gasteiger charge is 2.31. The van der Waals surface area contributed by atoms with Crippen LogP contribution in [0.3, 0.4) is 0 Å². The van der Waals surface area contributed by atoms with Gasteiger partial charge in [-0.3, -0.25) is 0 Å². The molecule has 0 spiro atoms. The molecule has 0 bridgehead atoms. The van der Waals surface area contributed by atoms with Crippen molar-refractivity contribution in [3.05, 3.63) is 88.7 Å². The van der Waals surface area contributed by atoms with Crippen LogP contribution in [0.25, 0.3) is 16.3 Å². The first kappa shape index (κ1) is 15.7. The van der Waals surface area contributed by atoms with Gasteiger partial charge in [0.05, 0.1) is 19.3 Å². The van der Waals surface area contributed by atoms with Gasteiger partial charge >= 0.3 is 0 Å². The van der Waals surface area contributed by atoms with Crippen molar-refractivity contribution in [2.45, 2.75) is 12.8 Å². The van der Waals surface area contributed by atoms with Gasteiger partial charge < -0.3 is 9.47 Å². The Hall–Kier alpha value is -3.51. The molecule has 5 rings (SSSR count). The minimum absolute atomic E-state index is 0.665. The Morgan fingerprint density at radius 1 is 1.04 bits per heavy atom. The Balaban J connectivity index is 1.84. The first-order valence-electron chi connectivity index (χ1n) is 9.00. The van der Waals surface area contributed by atoms with Crippen LogP contribution in [-0.2, 0) is 6.42 Å². The molecule has 0 saturated heterocycles. The van der Waals surface area contributed by atoms with Gasteiger partial charge in [-0.1, -0.05) is 36.4 Å². The molecule has 3 nitrogen and oxygen atoms in total. The first-order valence-corrected chi connectivity index (χ1v) is 9.00. The summed E-state index contributed by atoms with van der Waals surface area (Å²) in [5.74, 6) is 2.37. The lowest BCUT2D eigenvalue weighted by molar-refractivity contribution is 0.413. The number of aryl methyl sites for hydroxylation is 1. The van der Waals surface area contributed by atoms with Crippen molar-refractivity contribution in [2.24, 2.45) is 0 Å². The van der Waals surface area contributed by atoms with Gasteiger partial charge in [-0.25, -0.2) is 0 Å². The molecule has 130 valence electrons. The summed E-state index contributed by atoms with van der Waals surface area (Å²) in [7, 11) is 1.69. The number of fused-ring (bicyclic) bond motifs is 6. The second-order valence-electron chi connectivity index (χ2n) is 6.78. The summed E-state index contributed by atoms with van der Waals surface area (Å²) in [5, 5.41) is 11.5. The van der Waals surface area contributed by atoms with Crippen LogP contribution in [0.1, 0.15) is 23.1 Å². The van der Waals surface area contributed by atoms with Crippen LogP contribution in [0.5, 0.6) is 11.5 Å². The monoisotopic (exact) mass is 351 g/mol. The maximum Gasteiger partial charge on any atom is 0.143 e. The summed E-state index contributed by atoms with van der Waals surface area (Å²) in [6.45, 7) is 0. The molecule has 0 radical (unpaired) electrons. The fourth-order valence-electron chi connectivity index (χ4n) is 4.15. The second-order valence-corrected chi connectivity index (χ2v) is 6.78. The molecule has 0 aromatic heterocycles. The number of allylic oxidation sites excluding steroid dienone is 2. The molecule has 3 aromatic rings. The molecule has 2 aliphatic rings. The number of hydrogen-bond donors (Lipinski definition) is 0. The van der Waals surface area contributed by atoms with Crippen LogP contribution < -0.4 is 9.47 Å². The second kappa shape index (κ2) is 6.03. The normalized spacial score (nSPS) is 16.2. The Bertz CT molecular complexity index is 1190. The first-order chi connectivity index (χ1) is 13.3. The van der Waals surface area contributed by atoms with Crippen molar-refractivity contribution in [2.75, 3.05) is 7.11 Å². The number of rotatable bonds is 1. The molecular formula is C24H17NO2. The van der Waals surface area contributed by atoms with Crippen LogP contribution in [0, 0.1) is 11.3 Å². The van der Waals surface area contributed by atoms with Gasteiger partial charge in [0.15, 0.2) is 0 Å². The molecule has 1 heterocycles. The van der Waals surface area contributed by atoms with Crippen molar-refractivity contribution in [3.8, 4) is 17.6 Å².